The van der Waals surface area contributed by atoms with Gasteiger partial charge in [0.2, 0.25) is 0 Å². The maximum Gasteiger partial charge on any atom is 0.192 e. The van der Waals surface area contributed by atoms with Crippen LogP contribution in [0.4, 0.5) is 0 Å². The molecule has 0 aliphatic heterocycles. The third kappa shape index (κ3) is 5.85. The second kappa shape index (κ2) is 6.01. The SMILES string of the molecule is CC(C)=CCCC(C)O[Si](C)(C)C(C)(C)C. The van der Waals surface area contributed by atoms with Gasteiger partial charge in [0.05, 0.1) is 0 Å². The van der Waals surface area contributed by atoms with E-state index in [0.29, 0.717) is 11.1 Å². The van der Waals surface area contributed by atoms with Crippen molar-refractivity contribution in [3.63, 3.8) is 0 Å². The third-order valence-corrected chi connectivity index (χ3v) is 8.03. The minimum Gasteiger partial charge on any atom is -0.414 e. The Morgan fingerprint density at radius 2 is 1.75 bits per heavy atom. The summed E-state index contributed by atoms with van der Waals surface area (Å²) in [7, 11) is -1.57. The Morgan fingerprint density at radius 1 is 1.25 bits per heavy atom. The predicted molar refractivity (Wildman–Crippen MR) is 76.4 cm³/mol. The van der Waals surface area contributed by atoms with E-state index < -0.39 is 8.32 Å². The summed E-state index contributed by atoms with van der Waals surface area (Å²) in [5.41, 5.74) is 1.40. The molecule has 0 aromatic heterocycles. The molecular formula is C14H30OSi. The summed E-state index contributed by atoms with van der Waals surface area (Å²) in [6, 6.07) is 0. The van der Waals surface area contributed by atoms with Crippen LogP contribution in [0, 0.1) is 0 Å². The fourth-order valence-electron chi connectivity index (χ4n) is 1.35. The third-order valence-electron chi connectivity index (χ3n) is 3.43. The van der Waals surface area contributed by atoms with E-state index in [-0.39, 0.29) is 0 Å². The van der Waals surface area contributed by atoms with Crippen molar-refractivity contribution in [3.05, 3.63) is 11.6 Å². The highest BCUT2D eigenvalue weighted by molar-refractivity contribution is 6.74. The Hall–Kier alpha value is -0.0831. The molecule has 0 heterocycles. The maximum absolute atomic E-state index is 6.29. The van der Waals surface area contributed by atoms with Gasteiger partial charge >= 0.3 is 0 Å². The Morgan fingerprint density at radius 3 is 2.12 bits per heavy atom. The summed E-state index contributed by atoms with van der Waals surface area (Å²) in [4.78, 5) is 0. The molecule has 2 heteroatoms. The quantitative estimate of drug-likeness (QED) is 0.479. The van der Waals surface area contributed by atoms with Gasteiger partial charge in [-0.2, -0.15) is 0 Å². The Bertz CT molecular complexity index is 232. The highest BCUT2D eigenvalue weighted by Crippen LogP contribution is 2.37. The van der Waals surface area contributed by atoms with E-state index in [0.717, 1.165) is 12.8 Å². The summed E-state index contributed by atoms with van der Waals surface area (Å²) in [5.74, 6) is 0. The first kappa shape index (κ1) is 15.9. The molecule has 0 spiro atoms. The molecule has 0 aliphatic rings. The summed E-state index contributed by atoms with van der Waals surface area (Å²) >= 11 is 0. The minimum absolute atomic E-state index is 0.317. The summed E-state index contributed by atoms with van der Waals surface area (Å²) in [5, 5.41) is 0.317. The van der Waals surface area contributed by atoms with E-state index in [1.807, 2.05) is 0 Å². The van der Waals surface area contributed by atoms with Crippen LogP contribution in [-0.2, 0) is 4.43 Å². The van der Waals surface area contributed by atoms with Gasteiger partial charge in [0.25, 0.3) is 0 Å². The van der Waals surface area contributed by atoms with Crippen LogP contribution >= 0.6 is 0 Å². The first-order chi connectivity index (χ1) is 7.06. The zero-order chi connectivity index (χ0) is 13.0. The van der Waals surface area contributed by atoms with Gasteiger partial charge in [-0.05, 0) is 51.7 Å². The van der Waals surface area contributed by atoms with Gasteiger partial charge in [0.1, 0.15) is 0 Å². The van der Waals surface area contributed by atoms with Crippen molar-refractivity contribution in [1.29, 1.82) is 0 Å². The fourth-order valence-corrected chi connectivity index (χ4v) is 2.82. The molecule has 0 bridgehead atoms. The van der Waals surface area contributed by atoms with Gasteiger partial charge in [0, 0.05) is 6.10 Å². The van der Waals surface area contributed by atoms with E-state index in [1.165, 1.54) is 5.57 Å². The van der Waals surface area contributed by atoms with Crippen LogP contribution in [0.3, 0.4) is 0 Å². The lowest BCUT2D eigenvalue weighted by Crippen LogP contribution is -2.43. The molecule has 0 radical (unpaired) electrons. The zero-order valence-electron chi connectivity index (χ0n) is 12.5. The van der Waals surface area contributed by atoms with Gasteiger partial charge in [0.15, 0.2) is 8.32 Å². The van der Waals surface area contributed by atoms with Crippen molar-refractivity contribution >= 4 is 8.32 Å². The molecule has 1 unspecified atom stereocenters. The second-order valence-corrected chi connectivity index (χ2v) is 11.3. The van der Waals surface area contributed by atoms with Crippen LogP contribution in [-0.4, -0.2) is 14.4 Å². The van der Waals surface area contributed by atoms with Crippen LogP contribution in [0.25, 0.3) is 0 Å². The predicted octanol–water partition coefficient (Wildman–Crippen LogP) is 5.14. The van der Waals surface area contributed by atoms with E-state index in [1.54, 1.807) is 0 Å². The summed E-state index contributed by atoms with van der Waals surface area (Å²) in [6.07, 6.45) is 4.96. The first-order valence-electron chi connectivity index (χ1n) is 6.37. The molecule has 0 rings (SSSR count). The van der Waals surface area contributed by atoms with Gasteiger partial charge < -0.3 is 4.43 Å². The van der Waals surface area contributed by atoms with Gasteiger partial charge in [-0.3, -0.25) is 0 Å². The Balaban J connectivity index is 4.14. The molecule has 0 aromatic carbocycles. The summed E-state index contributed by atoms with van der Waals surface area (Å²) in [6.45, 7) is 18.0. The van der Waals surface area contributed by atoms with E-state index in [9.17, 15) is 0 Å². The van der Waals surface area contributed by atoms with Crippen molar-refractivity contribution in [2.24, 2.45) is 0 Å². The molecule has 0 saturated carbocycles. The first-order valence-corrected chi connectivity index (χ1v) is 9.28. The highest BCUT2D eigenvalue weighted by Gasteiger charge is 2.38. The number of hydrogen-bond acceptors (Lipinski definition) is 1. The molecule has 0 aliphatic carbocycles. The lowest BCUT2D eigenvalue weighted by Gasteiger charge is -2.38. The van der Waals surface area contributed by atoms with Crippen molar-refractivity contribution in [3.8, 4) is 0 Å². The van der Waals surface area contributed by atoms with E-state index >= 15 is 0 Å². The lowest BCUT2D eigenvalue weighted by atomic mass is 10.2. The van der Waals surface area contributed by atoms with Gasteiger partial charge in [-0.25, -0.2) is 0 Å². The molecule has 0 N–H and O–H groups in total. The minimum atomic E-state index is -1.57. The molecule has 0 saturated heterocycles. The van der Waals surface area contributed by atoms with Crippen LogP contribution < -0.4 is 0 Å². The normalized spacial score (nSPS) is 14.8. The van der Waals surface area contributed by atoms with Crippen molar-refractivity contribution < 1.29 is 4.43 Å². The zero-order valence-corrected chi connectivity index (χ0v) is 13.5. The van der Waals surface area contributed by atoms with Gasteiger partial charge in [-0.15, -0.1) is 0 Å². The standard InChI is InChI=1S/C14H30OSi/c1-12(2)10-9-11-13(3)15-16(7,8)14(4,5)6/h10,13H,9,11H2,1-8H3. The van der Waals surface area contributed by atoms with Crippen molar-refractivity contribution in [1.82, 2.24) is 0 Å². The van der Waals surface area contributed by atoms with Crippen LogP contribution in [0.5, 0.6) is 0 Å². The number of hydrogen-bond donors (Lipinski definition) is 0. The van der Waals surface area contributed by atoms with E-state index in [4.69, 9.17) is 4.43 Å². The van der Waals surface area contributed by atoms with Gasteiger partial charge in [-0.1, -0.05) is 32.4 Å². The topological polar surface area (TPSA) is 9.23 Å². The average Bonchev–Trinajstić information content (AvgIpc) is 1.99. The van der Waals surface area contributed by atoms with Crippen LogP contribution in [0.2, 0.25) is 18.1 Å². The molecule has 0 aromatic rings. The molecule has 0 fully saturated rings. The fraction of sp³-hybridized carbons (Fsp3) is 0.857. The van der Waals surface area contributed by atoms with Crippen LogP contribution in [0.1, 0.15) is 54.4 Å². The number of rotatable bonds is 5. The molecular weight excluding hydrogens is 212 g/mol. The van der Waals surface area contributed by atoms with E-state index in [2.05, 4.69) is 60.7 Å². The smallest absolute Gasteiger partial charge is 0.192 e. The molecule has 96 valence electrons. The van der Waals surface area contributed by atoms with Crippen LogP contribution in [0.15, 0.2) is 11.6 Å². The number of allylic oxidation sites excluding steroid dienone is 2. The molecule has 16 heavy (non-hydrogen) atoms. The monoisotopic (exact) mass is 242 g/mol. The Labute approximate surface area is 103 Å². The maximum atomic E-state index is 6.29. The average molecular weight is 242 g/mol. The largest absolute Gasteiger partial charge is 0.414 e. The Kier molecular flexibility index (Phi) is 5.98. The summed E-state index contributed by atoms with van der Waals surface area (Å²) < 4.78 is 6.29. The molecule has 0 amide bonds. The lowest BCUT2D eigenvalue weighted by molar-refractivity contribution is 0.190. The van der Waals surface area contributed by atoms with Crippen molar-refractivity contribution in [2.45, 2.75) is 78.6 Å². The second-order valence-electron chi connectivity index (χ2n) is 6.55. The molecule has 1 atom stereocenters. The highest BCUT2D eigenvalue weighted by atomic mass is 28.4. The molecule has 1 nitrogen and oxygen atoms in total. The van der Waals surface area contributed by atoms with Crippen molar-refractivity contribution in [2.75, 3.05) is 0 Å².